The van der Waals surface area contributed by atoms with Crippen molar-refractivity contribution < 1.29 is 74.6 Å². The van der Waals surface area contributed by atoms with Crippen molar-refractivity contribution in [2.45, 2.75) is 0 Å². The molecule has 0 aromatic carbocycles. The van der Waals surface area contributed by atoms with Crippen molar-refractivity contribution in [2.24, 2.45) is 0 Å². The molecule has 0 unspecified atom stereocenters. The van der Waals surface area contributed by atoms with E-state index in [1.165, 1.54) is 0 Å². The zero-order valence-corrected chi connectivity index (χ0v) is 9.52. The summed E-state index contributed by atoms with van der Waals surface area (Å²) >= 11 is 0. The molecule has 0 heterocycles. The fraction of sp³-hybridized carbons (Fsp3) is 0. The van der Waals surface area contributed by atoms with Gasteiger partial charge in [-0.15, -0.1) is 0 Å². The first-order valence-corrected chi connectivity index (χ1v) is 1.90. The molecule has 9 nitrogen and oxygen atoms in total. The Hall–Kier alpha value is -0.840. The minimum atomic E-state index is -2.08. The Labute approximate surface area is 106 Å². The van der Waals surface area contributed by atoms with Crippen LogP contribution >= 0.6 is 0 Å². The first kappa shape index (κ1) is 29.2. The largest absolute Gasteiger partial charge is 2.00 e. The monoisotopic (exact) mass is 238 g/mol. The van der Waals surface area contributed by atoms with Crippen molar-refractivity contribution in [1.82, 2.24) is 0 Å². The maximum absolute atomic E-state index is 8.44. The predicted octanol–water partition coefficient (Wildman–Crippen LogP) is -6.34. The Balaban J connectivity index is -0.0000000270. The van der Waals surface area contributed by atoms with E-state index in [2.05, 4.69) is 0 Å². The molecular formula is C3H3NaO9S. The van der Waals surface area contributed by atoms with E-state index < -0.39 is 18.5 Å². The number of rotatable bonds is 0. The molecule has 0 aromatic heterocycles. The third-order valence-corrected chi connectivity index (χ3v) is 0. The van der Waals surface area contributed by atoms with E-state index in [4.69, 9.17) is 45.0 Å². The summed E-state index contributed by atoms with van der Waals surface area (Å²) < 4.78 is 0. The summed E-state index contributed by atoms with van der Waals surface area (Å²) in [5, 5.41) is 45.9. The number of hydrogen-bond acceptors (Lipinski definition) is 6. The van der Waals surface area contributed by atoms with Crippen molar-refractivity contribution in [2.75, 3.05) is 0 Å². The topological polar surface area (TPSA) is 181 Å². The zero-order chi connectivity index (χ0) is 10.7. The van der Waals surface area contributed by atoms with E-state index in [9.17, 15) is 0 Å². The standard InChI is InChI=1S/3CH2O3.Na.S/c3*2-1(3)4;;/h3*(H2,2,3,4);;/q;;;+1;+2/p-3. The van der Waals surface area contributed by atoms with Crippen LogP contribution in [0.2, 0.25) is 0 Å². The summed E-state index contributed by atoms with van der Waals surface area (Å²) in [4.78, 5) is 25.3. The fourth-order valence-corrected chi connectivity index (χ4v) is 0. The quantitative estimate of drug-likeness (QED) is 0.345. The van der Waals surface area contributed by atoms with Gasteiger partial charge < -0.3 is 45.0 Å². The number of carbonyl (C=O) groups is 3. The zero-order valence-electron chi connectivity index (χ0n) is 6.70. The average molecular weight is 238 g/mol. The van der Waals surface area contributed by atoms with Gasteiger partial charge in [0.1, 0.15) is 0 Å². The second-order valence-electron chi connectivity index (χ2n) is 0.798. The molecule has 14 heavy (non-hydrogen) atoms. The molecule has 76 valence electrons. The van der Waals surface area contributed by atoms with Gasteiger partial charge in [-0.05, 0) is 0 Å². The molecule has 0 saturated carbocycles. The van der Waals surface area contributed by atoms with Gasteiger partial charge in [-0.3, -0.25) is 0 Å². The maximum atomic E-state index is 8.44. The first-order chi connectivity index (χ1) is 5.20. The Kier molecular flexibility index (Phi) is 47.5. The van der Waals surface area contributed by atoms with Crippen LogP contribution in [0.4, 0.5) is 14.4 Å². The smallest absolute Gasteiger partial charge is 0.565 e. The van der Waals surface area contributed by atoms with Gasteiger partial charge in [0, 0.05) is 0 Å². The maximum Gasteiger partial charge on any atom is 2.00 e. The van der Waals surface area contributed by atoms with Gasteiger partial charge in [-0.2, -0.15) is 0 Å². The van der Waals surface area contributed by atoms with Gasteiger partial charge >= 0.3 is 43.1 Å². The van der Waals surface area contributed by atoms with E-state index in [1.54, 1.807) is 0 Å². The van der Waals surface area contributed by atoms with Crippen molar-refractivity contribution in [1.29, 1.82) is 0 Å². The van der Waals surface area contributed by atoms with E-state index in [1.807, 2.05) is 0 Å². The summed E-state index contributed by atoms with van der Waals surface area (Å²) in [6.45, 7) is 0. The Bertz CT molecular complexity index is 118. The molecule has 0 spiro atoms. The minimum Gasteiger partial charge on any atom is -0.565 e. The Morgan fingerprint density at radius 3 is 0.714 bits per heavy atom. The fourth-order valence-electron chi connectivity index (χ4n) is 0. The molecule has 3 N–H and O–H groups in total. The molecule has 0 bridgehead atoms. The normalized spacial score (nSPS) is 5.14. The summed E-state index contributed by atoms with van der Waals surface area (Å²) in [5.74, 6) is 0. The summed E-state index contributed by atoms with van der Waals surface area (Å²) in [7, 11) is 0. The second-order valence-corrected chi connectivity index (χ2v) is 0.798. The molecule has 0 atom stereocenters. The van der Waals surface area contributed by atoms with Crippen LogP contribution in [-0.2, 0) is 13.5 Å². The third kappa shape index (κ3) is 1630. The van der Waals surface area contributed by atoms with Crippen molar-refractivity contribution in [3.8, 4) is 0 Å². The molecule has 0 aromatic rings. The molecule has 0 rings (SSSR count). The average Bonchev–Trinajstić information content (AvgIpc) is 1.54. The van der Waals surface area contributed by atoms with Crippen molar-refractivity contribution in [3.05, 3.63) is 0 Å². The molecule has 0 amide bonds. The summed E-state index contributed by atoms with van der Waals surface area (Å²) in [6, 6.07) is 0. The number of carboxylic acid groups (broad SMARTS) is 6. The Morgan fingerprint density at radius 2 is 0.714 bits per heavy atom. The summed E-state index contributed by atoms with van der Waals surface area (Å²) in [6.07, 6.45) is -6.25. The molecule has 0 fully saturated rings. The van der Waals surface area contributed by atoms with Crippen LogP contribution in [-0.4, -0.2) is 33.8 Å². The first-order valence-electron chi connectivity index (χ1n) is 1.90. The van der Waals surface area contributed by atoms with Crippen LogP contribution in [0.3, 0.4) is 0 Å². The summed E-state index contributed by atoms with van der Waals surface area (Å²) in [5.41, 5.74) is 0. The Morgan fingerprint density at radius 1 is 0.714 bits per heavy atom. The third-order valence-electron chi connectivity index (χ3n) is 0. The number of hydrogen-bond donors (Lipinski definition) is 3. The van der Waals surface area contributed by atoms with E-state index in [-0.39, 0.29) is 43.1 Å². The van der Waals surface area contributed by atoms with Gasteiger partial charge in [0.2, 0.25) is 18.5 Å². The molecule has 11 heteroatoms. The van der Waals surface area contributed by atoms with Gasteiger partial charge in [-0.1, -0.05) is 0 Å². The van der Waals surface area contributed by atoms with Crippen LogP contribution in [0.1, 0.15) is 0 Å². The van der Waals surface area contributed by atoms with Crippen LogP contribution in [0.25, 0.3) is 0 Å². The van der Waals surface area contributed by atoms with Gasteiger partial charge in [0.25, 0.3) is 0 Å². The minimum absolute atomic E-state index is 0. The van der Waals surface area contributed by atoms with E-state index in [0.717, 1.165) is 0 Å². The van der Waals surface area contributed by atoms with Crippen molar-refractivity contribution in [3.63, 3.8) is 0 Å². The molecule has 0 saturated heterocycles. The predicted molar refractivity (Wildman–Crippen MR) is 31.4 cm³/mol. The van der Waals surface area contributed by atoms with Crippen LogP contribution in [0.5, 0.6) is 0 Å². The molecular weight excluding hydrogens is 235 g/mol. The van der Waals surface area contributed by atoms with Crippen LogP contribution < -0.4 is 44.9 Å². The molecule has 0 aliphatic rings. The second kappa shape index (κ2) is 22.7. The van der Waals surface area contributed by atoms with Gasteiger partial charge in [0.05, 0.1) is 0 Å². The van der Waals surface area contributed by atoms with Gasteiger partial charge in [-0.25, -0.2) is 0 Å². The van der Waals surface area contributed by atoms with E-state index >= 15 is 0 Å². The van der Waals surface area contributed by atoms with Crippen LogP contribution in [0, 0.1) is 0 Å². The van der Waals surface area contributed by atoms with E-state index in [0.29, 0.717) is 0 Å². The van der Waals surface area contributed by atoms with Crippen molar-refractivity contribution >= 4 is 32.0 Å². The molecule has 0 aliphatic heterocycles. The molecule has 0 aliphatic carbocycles. The van der Waals surface area contributed by atoms with Crippen LogP contribution in [0.15, 0.2) is 0 Å². The van der Waals surface area contributed by atoms with Gasteiger partial charge in [0.15, 0.2) is 0 Å². The molecule has 4 radical (unpaired) electrons. The SMILES string of the molecule is O=C([O-])O.O=C([O-])O.O=C([O-])O.[Na+].[S+2].